The van der Waals surface area contributed by atoms with E-state index in [-0.39, 0.29) is 11.8 Å². The van der Waals surface area contributed by atoms with Gasteiger partial charge in [-0.3, -0.25) is 9.59 Å². The quantitative estimate of drug-likeness (QED) is 0.897. The Balaban J connectivity index is 1.98. The highest BCUT2D eigenvalue weighted by molar-refractivity contribution is 9.10. The summed E-state index contributed by atoms with van der Waals surface area (Å²) in [4.78, 5) is 26.8. The molecule has 1 fully saturated rings. The molecule has 2 unspecified atom stereocenters. The number of nitrogens with zero attached hydrogens (tertiary/aromatic N) is 1. The molecule has 2 atom stereocenters. The van der Waals surface area contributed by atoms with Gasteiger partial charge in [-0.15, -0.1) is 0 Å². The Labute approximate surface area is 113 Å². The van der Waals surface area contributed by atoms with Crippen LogP contribution in [0.15, 0.2) is 22.8 Å². The van der Waals surface area contributed by atoms with Crippen LogP contribution in [0.5, 0.6) is 0 Å². The molecule has 1 aliphatic rings. The molecule has 1 aromatic rings. The van der Waals surface area contributed by atoms with Gasteiger partial charge in [-0.25, -0.2) is 4.98 Å². The first-order chi connectivity index (χ1) is 8.58. The molecule has 1 aliphatic carbocycles. The summed E-state index contributed by atoms with van der Waals surface area (Å²) in [5.41, 5.74) is 0. The fourth-order valence-electron chi connectivity index (χ4n) is 2.14. The van der Waals surface area contributed by atoms with Gasteiger partial charge in [-0.05, 0) is 47.3 Å². The Morgan fingerprint density at radius 3 is 2.72 bits per heavy atom. The summed E-state index contributed by atoms with van der Waals surface area (Å²) in [6, 6.07) is 3.55. The van der Waals surface area contributed by atoms with E-state index in [2.05, 4.69) is 26.2 Å². The predicted octanol–water partition coefficient (Wildman–Crippen LogP) is 2.28. The van der Waals surface area contributed by atoms with Crippen LogP contribution in [0.4, 0.5) is 5.82 Å². The number of anilines is 1. The van der Waals surface area contributed by atoms with Gasteiger partial charge in [0.2, 0.25) is 5.91 Å². The molecule has 6 heteroatoms. The third kappa shape index (κ3) is 2.87. The van der Waals surface area contributed by atoms with Gasteiger partial charge in [0, 0.05) is 12.1 Å². The van der Waals surface area contributed by atoms with Crippen molar-refractivity contribution in [2.45, 2.75) is 19.3 Å². The minimum absolute atomic E-state index is 0.154. The Kier molecular flexibility index (Phi) is 3.96. The Hall–Kier alpha value is -1.43. The molecule has 18 heavy (non-hydrogen) atoms. The highest BCUT2D eigenvalue weighted by atomic mass is 79.9. The molecule has 0 aromatic carbocycles. The van der Waals surface area contributed by atoms with Gasteiger partial charge in [0.1, 0.15) is 5.82 Å². The zero-order valence-electron chi connectivity index (χ0n) is 9.60. The van der Waals surface area contributed by atoms with Gasteiger partial charge in [0.25, 0.3) is 0 Å². The van der Waals surface area contributed by atoms with E-state index >= 15 is 0 Å². The predicted molar refractivity (Wildman–Crippen MR) is 69.0 cm³/mol. The molecule has 0 radical (unpaired) electrons. The highest BCUT2D eigenvalue weighted by Gasteiger charge is 2.34. The van der Waals surface area contributed by atoms with E-state index in [1.165, 1.54) is 0 Å². The number of pyridine rings is 1. The van der Waals surface area contributed by atoms with Gasteiger partial charge in [0.15, 0.2) is 0 Å². The molecule has 0 saturated heterocycles. The maximum atomic E-state index is 12.0. The van der Waals surface area contributed by atoms with E-state index < -0.39 is 11.9 Å². The van der Waals surface area contributed by atoms with Crippen LogP contribution in [0.1, 0.15) is 19.3 Å². The lowest BCUT2D eigenvalue weighted by Gasteiger charge is -2.11. The monoisotopic (exact) mass is 312 g/mol. The number of amides is 1. The number of carboxylic acids is 1. The first-order valence-electron chi connectivity index (χ1n) is 5.72. The highest BCUT2D eigenvalue weighted by Crippen LogP contribution is 2.32. The van der Waals surface area contributed by atoms with Crippen LogP contribution < -0.4 is 5.32 Å². The second-order valence-electron chi connectivity index (χ2n) is 4.37. The number of nitrogens with one attached hydrogen (secondary N) is 1. The molecule has 2 rings (SSSR count). The Bertz CT molecular complexity index is 478. The third-order valence-corrected chi connectivity index (χ3v) is 3.79. The summed E-state index contributed by atoms with van der Waals surface area (Å²) in [6.07, 6.45) is 3.19. The fourth-order valence-corrected chi connectivity index (χ4v) is 2.49. The van der Waals surface area contributed by atoms with E-state index in [1.807, 2.05) is 0 Å². The van der Waals surface area contributed by atoms with E-state index in [4.69, 9.17) is 5.11 Å². The van der Waals surface area contributed by atoms with Crippen LogP contribution in [0.2, 0.25) is 0 Å². The van der Waals surface area contributed by atoms with Crippen molar-refractivity contribution in [2.75, 3.05) is 5.32 Å². The van der Waals surface area contributed by atoms with Crippen molar-refractivity contribution in [2.24, 2.45) is 11.8 Å². The smallest absolute Gasteiger partial charge is 0.306 e. The number of carbonyl (C=O) groups is 2. The van der Waals surface area contributed by atoms with Crippen molar-refractivity contribution < 1.29 is 14.7 Å². The lowest BCUT2D eigenvalue weighted by atomic mass is 10.0. The van der Waals surface area contributed by atoms with E-state index in [0.717, 1.165) is 0 Å². The van der Waals surface area contributed by atoms with Crippen LogP contribution in [0, 0.1) is 11.8 Å². The number of halogens is 1. The van der Waals surface area contributed by atoms with Gasteiger partial charge >= 0.3 is 5.97 Å². The molecule has 96 valence electrons. The standard InChI is InChI=1S/C12H13BrN2O3/c13-9-2-1-5-14-10(9)15-11(16)7-3-4-8(6-7)12(17)18/h1-2,5,7-8H,3-4,6H2,(H,17,18)(H,14,15,16). The van der Waals surface area contributed by atoms with Gasteiger partial charge < -0.3 is 10.4 Å². The molecule has 1 saturated carbocycles. The molecule has 1 amide bonds. The normalized spacial score (nSPS) is 22.7. The largest absolute Gasteiger partial charge is 0.481 e. The van der Waals surface area contributed by atoms with E-state index in [1.54, 1.807) is 18.3 Å². The fraction of sp³-hybridized carbons (Fsp3) is 0.417. The number of rotatable bonds is 3. The Morgan fingerprint density at radius 1 is 1.39 bits per heavy atom. The van der Waals surface area contributed by atoms with Crippen molar-refractivity contribution in [3.05, 3.63) is 22.8 Å². The number of carboxylic acid groups (broad SMARTS) is 1. The van der Waals surface area contributed by atoms with Crippen molar-refractivity contribution in [3.63, 3.8) is 0 Å². The molecule has 5 nitrogen and oxygen atoms in total. The topological polar surface area (TPSA) is 79.3 Å². The maximum absolute atomic E-state index is 12.0. The van der Waals surface area contributed by atoms with Crippen molar-refractivity contribution >= 4 is 33.6 Å². The maximum Gasteiger partial charge on any atom is 0.306 e. The van der Waals surface area contributed by atoms with Gasteiger partial charge in [-0.1, -0.05) is 0 Å². The lowest BCUT2D eigenvalue weighted by Crippen LogP contribution is -2.22. The van der Waals surface area contributed by atoms with Gasteiger partial charge in [0.05, 0.1) is 10.4 Å². The van der Waals surface area contributed by atoms with Crippen LogP contribution in [0.25, 0.3) is 0 Å². The first-order valence-corrected chi connectivity index (χ1v) is 6.51. The lowest BCUT2D eigenvalue weighted by molar-refractivity contribution is -0.141. The zero-order chi connectivity index (χ0) is 13.1. The first kappa shape index (κ1) is 13.0. The molecular weight excluding hydrogens is 300 g/mol. The second kappa shape index (κ2) is 5.48. The van der Waals surface area contributed by atoms with Gasteiger partial charge in [-0.2, -0.15) is 0 Å². The Morgan fingerprint density at radius 2 is 2.11 bits per heavy atom. The number of hydrogen-bond donors (Lipinski definition) is 2. The third-order valence-electron chi connectivity index (χ3n) is 3.15. The van der Waals surface area contributed by atoms with Crippen LogP contribution in [-0.2, 0) is 9.59 Å². The summed E-state index contributed by atoms with van der Waals surface area (Å²) in [5.74, 6) is -1.13. The SMILES string of the molecule is O=C(O)C1CCC(C(=O)Nc2ncccc2Br)C1. The summed E-state index contributed by atoms with van der Waals surface area (Å²) in [5, 5.41) is 11.6. The minimum atomic E-state index is -0.815. The zero-order valence-corrected chi connectivity index (χ0v) is 11.2. The summed E-state index contributed by atoms with van der Waals surface area (Å²) < 4.78 is 0.714. The number of carbonyl (C=O) groups excluding carboxylic acids is 1. The van der Waals surface area contributed by atoms with Crippen molar-refractivity contribution in [3.8, 4) is 0 Å². The number of aliphatic carboxylic acids is 1. The average molecular weight is 313 g/mol. The molecule has 0 aliphatic heterocycles. The van der Waals surface area contributed by atoms with E-state index in [9.17, 15) is 9.59 Å². The summed E-state index contributed by atoms with van der Waals surface area (Å²) in [6.45, 7) is 0. The molecule has 0 spiro atoms. The molecule has 1 aromatic heterocycles. The molecule has 2 N–H and O–H groups in total. The molecule has 0 bridgehead atoms. The summed E-state index contributed by atoms with van der Waals surface area (Å²) >= 11 is 3.30. The number of hydrogen-bond acceptors (Lipinski definition) is 3. The van der Waals surface area contributed by atoms with Crippen LogP contribution in [0.3, 0.4) is 0 Å². The number of aromatic nitrogens is 1. The van der Waals surface area contributed by atoms with Crippen LogP contribution >= 0.6 is 15.9 Å². The minimum Gasteiger partial charge on any atom is -0.481 e. The van der Waals surface area contributed by atoms with Crippen molar-refractivity contribution in [1.82, 2.24) is 4.98 Å². The van der Waals surface area contributed by atoms with Crippen molar-refractivity contribution in [1.29, 1.82) is 0 Å². The second-order valence-corrected chi connectivity index (χ2v) is 5.22. The van der Waals surface area contributed by atoms with Crippen LogP contribution in [-0.4, -0.2) is 22.0 Å². The molecule has 1 heterocycles. The average Bonchev–Trinajstić information content (AvgIpc) is 2.81. The summed E-state index contributed by atoms with van der Waals surface area (Å²) in [7, 11) is 0. The van der Waals surface area contributed by atoms with E-state index in [0.29, 0.717) is 29.6 Å². The molecular formula is C12H13BrN2O3.